The molecule has 5 nitrogen and oxygen atoms in total. The lowest BCUT2D eigenvalue weighted by Gasteiger charge is -2.29. The number of hydrogen-bond acceptors (Lipinski definition) is 3. The third kappa shape index (κ3) is 6.59. The maximum atomic E-state index is 14.2. The van der Waals surface area contributed by atoms with Crippen LogP contribution in [-0.2, 0) is 16.1 Å². The number of rotatable bonds is 10. The number of amides is 2. The van der Waals surface area contributed by atoms with Crippen molar-refractivity contribution in [2.45, 2.75) is 46.2 Å². The first-order chi connectivity index (χ1) is 13.9. The Morgan fingerprint density at radius 1 is 1.14 bits per heavy atom. The van der Waals surface area contributed by atoms with Gasteiger partial charge in [0, 0.05) is 18.7 Å². The predicted octanol–water partition coefficient (Wildman–Crippen LogP) is 3.85. The minimum absolute atomic E-state index is 0.00893. The van der Waals surface area contributed by atoms with Crippen LogP contribution in [0.5, 0.6) is 5.75 Å². The van der Waals surface area contributed by atoms with Gasteiger partial charge in [-0.2, -0.15) is 0 Å². The number of nitrogens with one attached hydrogen (secondary N) is 1. The molecule has 2 aromatic rings. The maximum absolute atomic E-state index is 14.2. The van der Waals surface area contributed by atoms with Crippen LogP contribution in [0.1, 0.15) is 37.8 Å². The van der Waals surface area contributed by atoms with Crippen molar-refractivity contribution in [3.63, 3.8) is 0 Å². The number of nitrogens with zero attached hydrogens (tertiary/aromatic N) is 1. The maximum Gasteiger partial charge on any atom is 0.261 e. The van der Waals surface area contributed by atoms with Crippen LogP contribution in [0, 0.1) is 12.7 Å². The standard InChI is InChI=1S/C23H29FN2O3/c1-4-5-14-25-23(28)18(3)26(15-19-11-7-8-12-20(19)24)22(27)16-29-21-13-9-6-10-17(21)2/h6-13,18H,4-5,14-16H2,1-3H3,(H,25,28)/t18-/m1/s1. The summed E-state index contributed by atoms with van der Waals surface area (Å²) in [6.07, 6.45) is 1.81. The zero-order valence-corrected chi connectivity index (χ0v) is 17.3. The number of carbonyl (C=O) groups is 2. The van der Waals surface area contributed by atoms with E-state index in [1.165, 1.54) is 11.0 Å². The van der Waals surface area contributed by atoms with Crippen LogP contribution in [0.4, 0.5) is 4.39 Å². The van der Waals surface area contributed by atoms with Crippen LogP contribution < -0.4 is 10.1 Å². The topological polar surface area (TPSA) is 58.6 Å². The molecule has 0 saturated heterocycles. The first-order valence-corrected chi connectivity index (χ1v) is 9.93. The molecule has 156 valence electrons. The second-order valence-corrected chi connectivity index (χ2v) is 6.99. The van der Waals surface area contributed by atoms with Gasteiger partial charge in [0.05, 0.1) is 0 Å². The van der Waals surface area contributed by atoms with Crippen molar-refractivity contribution >= 4 is 11.8 Å². The molecule has 6 heteroatoms. The smallest absolute Gasteiger partial charge is 0.261 e. The molecule has 1 N–H and O–H groups in total. The van der Waals surface area contributed by atoms with Gasteiger partial charge in [-0.25, -0.2) is 4.39 Å². The zero-order chi connectivity index (χ0) is 21.2. The van der Waals surface area contributed by atoms with Crippen molar-refractivity contribution in [3.05, 3.63) is 65.5 Å². The molecular weight excluding hydrogens is 371 g/mol. The average molecular weight is 400 g/mol. The zero-order valence-electron chi connectivity index (χ0n) is 17.3. The van der Waals surface area contributed by atoms with Gasteiger partial charge in [0.2, 0.25) is 5.91 Å². The fraction of sp³-hybridized carbons (Fsp3) is 0.391. The number of para-hydroxylation sites is 1. The Balaban J connectivity index is 2.14. The van der Waals surface area contributed by atoms with Crippen LogP contribution in [0.3, 0.4) is 0 Å². The summed E-state index contributed by atoms with van der Waals surface area (Å²) in [5, 5.41) is 2.83. The van der Waals surface area contributed by atoms with E-state index in [0.717, 1.165) is 18.4 Å². The van der Waals surface area contributed by atoms with Crippen molar-refractivity contribution in [3.8, 4) is 5.75 Å². The molecule has 1 atom stereocenters. The van der Waals surface area contributed by atoms with E-state index in [4.69, 9.17) is 4.74 Å². The van der Waals surface area contributed by atoms with E-state index < -0.39 is 11.9 Å². The van der Waals surface area contributed by atoms with Gasteiger partial charge in [-0.3, -0.25) is 9.59 Å². The molecule has 0 bridgehead atoms. The van der Waals surface area contributed by atoms with Crippen LogP contribution in [-0.4, -0.2) is 35.9 Å². The van der Waals surface area contributed by atoms with Gasteiger partial charge in [-0.05, 0) is 38.0 Å². The van der Waals surface area contributed by atoms with E-state index in [1.54, 1.807) is 31.2 Å². The van der Waals surface area contributed by atoms with E-state index in [2.05, 4.69) is 5.32 Å². The van der Waals surface area contributed by atoms with Crippen LogP contribution in [0.25, 0.3) is 0 Å². The van der Waals surface area contributed by atoms with Gasteiger partial charge in [0.25, 0.3) is 5.91 Å². The second-order valence-electron chi connectivity index (χ2n) is 6.99. The highest BCUT2D eigenvalue weighted by Crippen LogP contribution is 2.17. The Hall–Kier alpha value is -2.89. The number of aryl methyl sites for hydroxylation is 1. The van der Waals surface area contributed by atoms with Crippen LogP contribution >= 0.6 is 0 Å². The minimum Gasteiger partial charge on any atom is -0.484 e. The molecule has 0 aliphatic heterocycles. The third-order valence-corrected chi connectivity index (χ3v) is 4.74. The molecule has 2 rings (SSSR count). The molecule has 0 aromatic heterocycles. The molecule has 2 aromatic carbocycles. The minimum atomic E-state index is -0.751. The lowest BCUT2D eigenvalue weighted by molar-refractivity contribution is -0.142. The molecule has 0 spiro atoms. The van der Waals surface area contributed by atoms with Gasteiger partial charge in [0.15, 0.2) is 6.61 Å². The largest absolute Gasteiger partial charge is 0.484 e. The average Bonchev–Trinajstić information content (AvgIpc) is 2.72. The molecule has 0 aliphatic carbocycles. The fourth-order valence-electron chi connectivity index (χ4n) is 2.87. The molecule has 0 aliphatic rings. The van der Waals surface area contributed by atoms with Crippen LogP contribution in [0.15, 0.2) is 48.5 Å². The Bertz CT molecular complexity index is 825. The summed E-state index contributed by atoms with van der Waals surface area (Å²) in [4.78, 5) is 26.8. The van der Waals surface area contributed by atoms with Crippen molar-refractivity contribution in [1.82, 2.24) is 10.2 Å². The Kier molecular flexibility index (Phi) is 8.65. The highest BCUT2D eigenvalue weighted by atomic mass is 19.1. The summed E-state index contributed by atoms with van der Waals surface area (Å²) >= 11 is 0. The number of halogens is 1. The van der Waals surface area contributed by atoms with Gasteiger partial charge < -0.3 is 15.0 Å². The van der Waals surface area contributed by atoms with Crippen molar-refractivity contribution in [2.24, 2.45) is 0 Å². The van der Waals surface area contributed by atoms with Crippen molar-refractivity contribution in [1.29, 1.82) is 0 Å². The molecular formula is C23H29FN2O3. The van der Waals surface area contributed by atoms with E-state index >= 15 is 0 Å². The third-order valence-electron chi connectivity index (χ3n) is 4.74. The summed E-state index contributed by atoms with van der Waals surface area (Å²) < 4.78 is 19.8. The van der Waals surface area contributed by atoms with Crippen molar-refractivity contribution < 1.29 is 18.7 Å². The van der Waals surface area contributed by atoms with Gasteiger partial charge in [-0.1, -0.05) is 49.7 Å². The van der Waals surface area contributed by atoms with Crippen molar-refractivity contribution in [2.75, 3.05) is 13.2 Å². The summed E-state index contributed by atoms with van der Waals surface area (Å²) in [5.41, 5.74) is 1.26. The Morgan fingerprint density at radius 3 is 2.52 bits per heavy atom. The fourth-order valence-corrected chi connectivity index (χ4v) is 2.87. The number of carbonyl (C=O) groups excluding carboxylic acids is 2. The second kappa shape index (κ2) is 11.2. The van der Waals surface area contributed by atoms with E-state index in [0.29, 0.717) is 17.9 Å². The summed E-state index contributed by atoms with van der Waals surface area (Å²) in [5.74, 6) is -0.455. The number of benzene rings is 2. The quantitative estimate of drug-likeness (QED) is 0.617. The predicted molar refractivity (Wildman–Crippen MR) is 111 cm³/mol. The lowest BCUT2D eigenvalue weighted by Crippen LogP contribution is -2.49. The van der Waals surface area contributed by atoms with Crippen LogP contribution in [0.2, 0.25) is 0 Å². The first kappa shape index (κ1) is 22.4. The molecule has 0 heterocycles. The summed E-state index contributed by atoms with van der Waals surface area (Å²) in [7, 11) is 0. The molecule has 0 fully saturated rings. The molecule has 2 amide bonds. The van der Waals surface area contributed by atoms with E-state index in [1.807, 2.05) is 32.0 Å². The number of ether oxygens (including phenoxy) is 1. The highest BCUT2D eigenvalue weighted by molar-refractivity contribution is 5.87. The first-order valence-electron chi connectivity index (χ1n) is 9.93. The molecule has 0 radical (unpaired) electrons. The Morgan fingerprint density at radius 2 is 1.83 bits per heavy atom. The van der Waals surface area contributed by atoms with E-state index in [9.17, 15) is 14.0 Å². The Labute approximate surface area is 171 Å². The summed E-state index contributed by atoms with van der Waals surface area (Å²) in [6.45, 7) is 5.87. The van der Waals surface area contributed by atoms with Gasteiger partial charge in [0.1, 0.15) is 17.6 Å². The highest BCUT2D eigenvalue weighted by Gasteiger charge is 2.27. The molecule has 0 saturated carbocycles. The lowest BCUT2D eigenvalue weighted by atomic mass is 10.1. The normalized spacial score (nSPS) is 11.6. The number of hydrogen-bond donors (Lipinski definition) is 1. The summed E-state index contributed by atoms with van der Waals surface area (Å²) in [6, 6.07) is 12.9. The SMILES string of the molecule is CCCCNC(=O)[C@@H](C)N(Cc1ccccc1F)C(=O)COc1ccccc1C. The molecule has 29 heavy (non-hydrogen) atoms. The van der Waals surface area contributed by atoms with E-state index in [-0.39, 0.29) is 25.0 Å². The van der Waals surface area contributed by atoms with Gasteiger partial charge >= 0.3 is 0 Å². The monoisotopic (exact) mass is 400 g/mol. The number of unbranched alkanes of at least 4 members (excludes halogenated alkanes) is 1. The van der Waals surface area contributed by atoms with Gasteiger partial charge in [-0.15, -0.1) is 0 Å². The molecule has 0 unspecified atom stereocenters.